The summed E-state index contributed by atoms with van der Waals surface area (Å²) in [4.78, 5) is 27.7. The largest absolute Gasteiger partial charge is 0.481 e. The Hall–Kier alpha value is -2.70. The maximum absolute atomic E-state index is 11.9. The lowest BCUT2D eigenvalue weighted by Gasteiger charge is -2.13. The Morgan fingerprint density at radius 1 is 1.28 bits per heavy atom. The predicted octanol–water partition coefficient (Wildman–Crippen LogP) is 2.25. The fourth-order valence-corrected chi connectivity index (χ4v) is 2.61. The molecule has 0 saturated heterocycles. The predicted molar refractivity (Wildman–Crippen MR) is 89.0 cm³/mol. The molecule has 1 aliphatic carbocycles. The lowest BCUT2D eigenvalue weighted by atomic mass is 9.99. The molecule has 1 aromatic carbocycles. The molecule has 0 spiro atoms. The smallest absolute Gasteiger partial charge is 0.312 e. The third-order valence-electron chi connectivity index (χ3n) is 4.22. The van der Waals surface area contributed by atoms with Crippen LogP contribution < -0.4 is 5.32 Å². The van der Waals surface area contributed by atoms with Gasteiger partial charge in [-0.1, -0.05) is 35.5 Å². The molecule has 2 N–H and O–H groups in total. The molecule has 1 fully saturated rings. The van der Waals surface area contributed by atoms with Gasteiger partial charge in [0.05, 0.1) is 5.92 Å². The third-order valence-corrected chi connectivity index (χ3v) is 4.22. The van der Waals surface area contributed by atoms with Crippen LogP contribution >= 0.6 is 0 Å². The summed E-state index contributed by atoms with van der Waals surface area (Å²) in [6.07, 6.45) is 3.67. The van der Waals surface area contributed by atoms with Gasteiger partial charge < -0.3 is 14.9 Å². The molecule has 1 heterocycles. The number of nitrogens with zero attached hydrogens (tertiary/aromatic N) is 2. The van der Waals surface area contributed by atoms with Crippen LogP contribution in [-0.4, -0.2) is 33.7 Å². The van der Waals surface area contributed by atoms with Crippen molar-refractivity contribution in [2.75, 3.05) is 6.54 Å². The van der Waals surface area contributed by atoms with E-state index in [1.54, 1.807) is 24.3 Å². The summed E-state index contributed by atoms with van der Waals surface area (Å²) in [5, 5.41) is 16.0. The summed E-state index contributed by atoms with van der Waals surface area (Å²) in [6.45, 7) is 0.0740. The number of aromatic nitrogens is 2. The molecule has 132 valence electrons. The second-order valence-corrected chi connectivity index (χ2v) is 6.28. The van der Waals surface area contributed by atoms with Crippen molar-refractivity contribution in [1.29, 1.82) is 0 Å². The third kappa shape index (κ3) is 4.89. The number of rotatable bonds is 9. The van der Waals surface area contributed by atoms with Gasteiger partial charge in [0, 0.05) is 25.3 Å². The van der Waals surface area contributed by atoms with Crippen LogP contribution in [0.3, 0.4) is 0 Å². The average Bonchev–Trinajstić information content (AvgIpc) is 3.35. The lowest BCUT2D eigenvalue weighted by Crippen LogP contribution is -2.31. The van der Waals surface area contributed by atoms with Crippen molar-refractivity contribution in [1.82, 2.24) is 15.5 Å². The van der Waals surface area contributed by atoms with Crippen molar-refractivity contribution in [2.45, 2.75) is 43.9 Å². The summed E-state index contributed by atoms with van der Waals surface area (Å²) in [7, 11) is 0. The molecule has 1 saturated carbocycles. The highest BCUT2D eigenvalue weighted by Gasteiger charge is 2.28. The van der Waals surface area contributed by atoms with Crippen molar-refractivity contribution in [3.63, 3.8) is 0 Å². The van der Waals surface area contributed by atoms with Gasteiger partial charge in [-0.3, -0.25) is 9.59 Å². The second-order valence-electron chi connectivity index (χ2n) is 6.28. The Balaban J connectivity index is 1.41. The lowest BCUT2D eigenvalue weighted by molar-refractivity contribution is -0.138. The van der Waals surface area contributed by atoms with E-state index in [-0.39, 0.29) is 12.5 Å². The van der Waals surface area contributed by atoms with E-state index in [1.807, 2.05) is 6.07 Å². The standard InChI is InChI=1S/C18H21N3O4/c22-15(7-4-8-16-20-17(21-25-16)13-9-10-13)19-11-14(18(23)24)12-5-2-1-3-6-12/h1-3,5-6,13-14H,4,7-11H2,(H,19,22)(H,23,24). The number of aryl methyl sites for hydroxylation is 1. The van der Waals surface area contributed by atoms with Crippen molar-refractivity contribution >= 4 is 11.9 Å². The first-order chi connectivity index (χ1) is 12.1. The summed E-state index contributed by atoms with van der Waals surface area (Å²) in [5.41, 5.74) is 0.675. The molecule has 3 rings (SSSR count). The highest BCUT2D eigenvalue weighted by atomic mass is 16.5. The first-order valence-corrected chi connectivity index (χ1v) is 8.50. The number of carbonyl (C=O) groups excluding carboxylic acids is 1. The van der Waals surface area contributed by atoms with E-state index in [1.165, 1.54) is 0 Å². The van der Waals surface area contributed by atoms with Crippen LogP contribution in [0.4, 0.5) is 0 Å². The van der Waals surface area contributed by atoms with E-state index in [0.29, 0.717) is 36.6 Å². The van der Waals surface area contributed by atoms with Crippen LogP contribution in [0.2, 0.25) is 0 Å². The minimum absolute atomic E-state index is 0.0740. The van der Waals surface area contributed by atoms with Crippen molar-refractivity contribution in [3.05, 3.63) is 47.6 Å². The highest BCUT2D eigenvalue weighted by molar-refractivity contribution is 5.79. The molecule has 1 atom stereocenters. The van der Waals surface area contributed by atoms with E-state index in [0.717, 1.165) is 18.7 Å². The van der Waals surface area contributed by atoms with E-state index in [4.69, 9.17) is 4.52 Å². The van der Waals surface area contributed by atoms with Gasteiger partial charge in [-0.15, -0.1) is 0 Å². The molecule has 1 amide bonds. The van der Waals surface area contributed by atoms with Crippen molar-refractivity contribution in [3.8, 4) is 0 Å². The summed E-state index contributed by atoms with van der Waals surface area (Å²) < 4.78 is 5.16. The van der Waals surface area contributed by atoms with Crippen LogP contribution in [0.5, 0.6) is 0 Å². The molecular formula is C18H21N3O4. The molecule has 0 bridgehead atoms. The molecule has 7 nitrogen and oxygen atoms in total. The molecule has 2 aromatic rings. The number of amides is 1. The highest BCUT2D eigenvalue weighted by Crippen LogP contribution is 2.38. The van der Waals surface area contributed by atoms with E-state index in [2.05, 4.69) is 15.5 Å². The number of carboxylic acids is 1. The van der Waals surface area contributed by atoms with Crippen LogP contribution in [0, 0.1) is 0 Å². The first-order valence-electron chi connectivity index (χ1n) is 8.50. The molecule has 25 heavy (non-hydrogen) atoms. The number of hydrogen-bond acceptors (Lipinski definition) is 5. The fourth-order valence-electron chi connectivity index (χ4n) is 2.61. The maximum Gasteiger partial charge on any atom is 0.312 e. The normalized spacial score (nSPS) is 14.9. The van der Waals surface area contributed by atoms with Crippen molar-refractivity contribution < 1.29 is 19.2 Å². The van der Waals surface area contributed by atoms with Gasteiger partial charge in [-0.05, 0) is 24.8 Å². The number of carbonyl (C=O) groups is 2. The van der Waals surface area contributed by atoms with Crippen LogP contribution in [0.25, 0.3) is 0 Å². The number of nitrogens with one attached hydrogen (secondary N) is 1. The van der Waals surface area contributed by atoms with Gasteiger partial charge in [0.25, 0.3) is 0 Å². The molecule has 1 unspecified atom stereocenters. The fraction of sp³-hybridized carbons (Fsp3) is 0.444. The number of aliphatic carboxylic acids is 1. The number of carboxylic acid groups (broad SMARTS) is 1. The summed E-state index contributed by atoms with van der Waals surface area (Å²) >= 11 is 0. The molecular weight excluding hydrogens is 322 g/mol. The van der Waals surface area contributed by atoms with Gasteiger partial charge in [0.15, 0.2) is 5.82 Å². The van der Waals surface area contributed by atoms with E-state index < -0.39 is 11.9 Å². The monoisotopic (exact) mass is 343 g/mol. The van der Waals surface area contributed by atoms with E-state index >= 15 is 0 Å². The van der Waals surface area contributed by atoms with Gasteiger partial charge in [-0.2, -0.15) is 4.98 Å². The molecule has 1 aliphatic rings. The Morgan fingerprint density at radius 2 is 2.04 bits per heavy atom. The number of hydrogen-bond donors (Lipinski definition) is 2. The Morgan fingerprint density at radius 3 is 2.72 bits per heavy atom. The zero-order chi connectivity index (χ0) is 17.6. The Labute approximate surface area is 145 Å². The minimum atomic E-state index is -0.954. The van der Waals surface area contributed by atoms with Gasteiger partial charge in [-0.25, -0.2) is 0 Å². The maximum atomic E-state index is 11.9. The van der Waals surface area contributed by atoms with Crippen LogP contribution in [0.1, 0.15) is 54.8 Å². The zero-order valence-electron chi connectivity index (χ0n) is 13.9. The minimum Gasteiger partial charge on any atom is -0.481 e. The molecule has 0 radical (unpaired) electrons. The molecule has 0 aliphatic heterocycles. The van der Waals surface area contributed by atoms with Crippen LogP contribution in [0.15, 0.2) is 34.9 Å². The summed E-state index contributed by atoms with van der Waals surface area (Å²) in [6, 6.07) is 8.89. The Bertz CT molecular complexity index is 725. The number of benzene rings is 1. The topological polar surface area (TPSA) is 105 Å². The first kappa shape index (κ1) is 17.1. The van der Waals surface area contributed by atoms with Gasteiger partial charge in [0.2, 0.25) is 11.8 Å². The SMILES string of the molecule is O=C(CCCc1nc(C2CC2)no1)NCC(C(=O)O)c1ccccc1. The van der Waals surface area contributed by atoms with Crippen LogP contribution in [-0.2, 0) is 16.0 Å². The molecule has 1 aromatic heterocycles. The quantitative estimate of drug-likeness (QED) is 0.723. The average molecular weight is 343 g/mol. The van der Waals surface area contributed by atoms with Gasteiger partial charge in [0.1, 0.15) is 0 Å². The van der Waals surface area contributed by atoms with Crippen molar-refractivity contribution in [2.24, 2.45) is 0 Å². The van der Waals surface area contributed by atoms with Gasteiger partial charge >= 0.3 is 5.97 Å². The Kier molecular flexibility index (Phi) is 5.42. The molecule has 7 heteroatoms. The summed E-state index contributed by atoms with van der Waals surface area (Å²) in [5.74, 6) is -0.1000. The zero-order valence-corrected chi connectivity index (χ0v) is 13.9. The second kappa shape index (κ2) is 7.92. The van der Waals surface area contributed by atoms with E-state index in [9.17, 15) is 14.7 Å².